The molecule has 0 aliphatic carbocycles. The van der Waals surface area contributed by atoms with Gasteiger partial charge >= 0.3 is 0 Å². The van der Waals surface area contributed by atoms with Crippen LogP contribution in [0.25, 0.3) is 0 Å². The van der Waals surface area contributed by atoms with E-state index in [1.165, 1.54) is 4.90 Å². The van der Waals surface area contributed by atoms with Gasteiger partial charge in [-0.3, -0.25) is 0 Å². The Bertz CT molecular complexity index is 278. The minimum Gasteiger partial charge on any atom is -0.496 e. The van der Waals surface area contributed by atoms with Crippen LogP contribution in [-0.2, 0) is 0 Å². The summed E-state index contributed by atoms with van der Waals surface area (Å²) in [6, 6.07) is 8.06. The minimum absolute atomic E-state index is 0.546. The topological polar surface area (TPSA) is 35.2 Å². The van der Waals surface area contributed by atoms with Crippen molar-refractivity contribution in [1.29, 1.82) is 0 Å². The smallest absolute Gasteiger partial charge is 0.132 e. The molecule has 14 heavy (non-hydrogen) atoms. The van der Waals surface area contributed by atoms with Gasteiger partial charge in [-0.1, -0.05) is 19.1 Å². The zero-order valence-corrected chi connectivity index (χ0v) is 9.51. The summed E-state index contributed by atoms with van der Waals surface area (Å²) in [4.78, 5) is 1.19. The highest BCUT2D eigenvalue weighted by atomic mass is 32.2. The molecular weight excluding hydrogens is 194 g/mol. The van der Waals surface area contributed by atoms with Crippen molar-refractivity contribution in [3.63, 3.8) is 0 Å². The Morgan fingerprint density at radius 2 is 2.14 bits per heavy atom. The molecule has 1 atom stereocenters. The third kappa shape index (κ3) is 3.24. The van der Waals surface area contributed by atoms with Crippen LogP contribution in [0.2, 0.25) is 0 Å². The van der Waals surface area contributed by atoms with Gasteiger partial charge in [0.1, 0.15) is 5.75 Å². The predicted molar refractivity (Wildman–Crippen MR) is 61.9 cm³/mol. The highest BCUT2D eigenvalue weighted by molar-refractivity contribution is 7.99. The van der Waals surface area contributed by atoms with Gasteiger partial charge in [-0.15, -0.1) is 11.8 Å². The van der Waals surface area contributed by atoms with Gasteiger partial charge in [-0.2, -0.15) is 0 Å². The van der Waals surface area contributed by atoms with E-state index in [0.717, 1.165) is 18.0 Å². The van der Waals surface area contributed by atoms with Crippen molar-refractivity contribution in [1.82, 2.24) is 0 Å². The predicted octanol–water partition coefficient (Wildman–Crippen LogP) is 2.38. The lowest BCUT2D eigenvalue weighted by molar-refractivity contribution is 0.405. The lowest BCUT2D eigenvalue weighted by Gasteiger charge is -2.10. The molecule has 2 nitrogen and oxygen atoms in total. The number of para-hydroxylation sites is 1. The first-order valence-electron chi connectivity index (χ1n) is 4.73. The number of thioether (sulfide) groups is 1. The van der Waals surface area contributed by atoms with E-state index in [9.17, 15) is 0 Å². The van der Waals surface area contributed by atoms with Crippen LogP contribution in [0, 0.1) is 5.92 Å². The third-order valence-electron chi connectivity index (χ3n) is 1.99. The molecule has 0 aromatic heterocycles. The first kappa shape index (κ1) is 11.4. The Kier molecular flexibility index (Phi) is 4.84. The molecule has 78 valence electrons. The van der Waals surface area contributed by atoms with E-state index in [0.29, 0.717) is 5.92 Å². The van der Waals surface area contributed by atoms with Crippen LogP contribution in [0.1, 0.15) is 6.92 Å². The Labute approximate surface area is 89.8 Å². The summed E-state index contributed by atoms with van der Waals surface area (Å²) < 4.78 is 5.26. The summed E-state index contributed by atoms with van der Waals surface area (Å²) in [6.45, 7) is 2.89. The lowest BCUT2D eigenvalue weighted by atomic mass is 10.2. The largest absolute Gasteiger partial charge is 0.496 e. The van der Waals surface area contributed by atoms with Crippen molar-refractivity contribution in [3.05, 3.63) is 24.3 Å². The van der Waals surface area contributed by atoms with Crippen LogP contribution in [0.4, 0.5) is 0 Å². The first-order valence-corrected chi connectivity index (χ1v) is 5.72. The van der Waals surface area contributed by atoms with Gasteiger partial charge in [-0.05, 0) is 24.6 Å². The first-order chi connectivity index (χ1) is 6.77. The number of benzene rings is 1. The summed E-state index contributed by atoms with van der Waals surface area (Å²) >= 11 is 1.80. The molecule has 0 amide bonds. The van der Waals surface area contributed by atoms with Gasteiger partial charge in [0.2, 0.25) is 0 Å². The Morgan fingerprint density at radius 3 is 2.79 bits per heavy atom. The summed E-state index contributed by atoms with van der Waals surface area (Å²) in [7, 11) is 1.70. The SMILES string of the molecule is COc1ccccc1SC[C@H](C)CN. The molecule has 0 unspecified atom stereocenters. The van der Waals surface area contributed by atoms with Crippen molar-refractivity contribution in [2.24, 2.45) is 11.7 Å². The van der Waals surface area contributed by atoms with Crippen LogP contribution < -0.4 is 10.5 Å². The van der Waals surface area contributed by atoms with Gasteiger partial charge in [0.15, 0.2) is 0 Å². The molecule has 0 spiro atoms. The average molecular weight is 211 g/mol. The second kappa shape index (κ2) is 5.94. The number of methoxy groups -OCH3 is 1. The van der Waals surface area contributed by atoms with Crippen LogP contribution in [0.15, 0.2) is 29.2 Å². The maximum absolute atomic E-state index is 5.56. The fourth-order valence-electron chi connectivity index (χ4n) is 1.04. The number of ether oxygens (including phenoxy) is 1. The number of hydrogen-bond donors (Lipinski definition) is 1. The molecule has 0 fully saturated rings. The van der Waals surface area contributed by atoms with E-state index in [4.69, 9.17) is 10.5 Å². The van der Waals surface area contributed by atoms with Gasteiger partial charge < -0.3 is 10.5 Å². The average Bonchev–Trinajstić information content (AvgIpc) is 2.26. The molecule has 3 heteroatoms. The highest BCUT2D eigenvalue weighted by Gasteiger charge is 2.04. The monoisotopic (exact) mass is 211 g/mol. The molecule has 0 heterocycles. The molecule has 0 radical (unpaired) electrons. The maximum atomic E-state index is 5.56. The van der Waals surface area contributed by atoms with Gasteiger partial charge in [0.05, 0.1) is 7.11 Å². The number of rotatable bonds is 5. The summed E-state index contributed by atoms with van der Waals surface area (Å²) in [5.74, 6) is 2.53. The van der Waals surface area contributed by atoms with Crippen molar-refractivity contribution < 1.29 is 4.74 Å². The lowest BCUT2D eigenvalue weighted by Crippen LogP contribution is -2.12. The fraction of sp³-hybridized carbons (Fsp3) is 0.455. The van der Waals surface area contributed by atoms with Crippen molar-refractivity contribution >= 4 is 11.8 Å². The third-order valence-corrected chi connectivity index (χ3v) is 3.38. The van der Waals surface area contributed by atoms with Gasteiger partial charge in [0, 0.05) is 10.6 Å². The van der Waals surface area contributed by atoms with Crippen molar-refractivity contribution in [3.8, 4) is 5.75 Å². The quantitative estimate of drug-likeness (QED) is 0.759. The van der Waals surface area contributed by atoms with E-state index < -0.39 is 0 Å². The van der Waals surface area contributed by atoms with E-state index in [2.05, 4.69) is 13.0 Å². The Balaban J connectivity index is 2.57. The van der Waals surface area contributed by atoms with E-state index in [1.54, 1.807) is 18.9 Å². The molecule has 1 aromatic carbocycles. The van der Waals surface area contributed by atoms with E-state index >= 15 is 0 Å². The normalized spacial score (nSPS) is 12.5. The molecule has 0 saturated carbocycles. The molecule has 0 bridgehead atoms. The fourth-order valence-corrected chi connectivity index (χ4v) is 2.11. The van der Waals surface area contributed by atoms with Crippen LogP contribution in [0.5, 0.6) is 5.75 Å². The summed E-state index contributed by atoms with van der Waals surface area (Å²) in [6.07, 6.45) is 0. The van der Waals surface area contributed by atoms with Crippen molar-refractivity contribution in [2.45, 2.75) is 11.8 Å². The van der Waals surface area contributed by atoms with E-state index in [-0.39, 0.29) is 0 Å². The summed E-state index contributed by atoms with van der Waals surface area (Å²) in [5.41, 5.74) is 5.56. The number of nitrogens with two attached hydrogens (primary N) is 1. The minimum atomic E-state index is 0.546. The molecule has 1 aromatic rings. The number of hydrogen-bond acceptors (Lipinski definition) is 3. The second-order valence-corrected chi connectivity index (χ2v) is 4.36. The van der Waals surface area contributed by atoms with Crippen LogP contribution >= 0.6 is 11.8 Å². The maximum Gasteiger partial charge on any atom is 0.132 e. The zero-order valence-electron chi connectivity index (χ0n) is 8.69. The molecular formula is C11H17NOS. The van der Waals surface area contributed by atoms with Gasteiger partial charge in [0.25, 0.3) is 0 Å². The molecule has 1 rings (SSSR count). The Morgan fingerprint density at radius 1 is 1.43 bits per heavy atom. The second-order valence-electron chi connectivity index (χ2n) is 3.30. The van der Waals surface area contributed by atoms with Crippen molar-refractivity contribution in [2.75, 3.05) is 19.4 Å². The van der Waals surface area contributed by atoms with Crippen LogP contribution in [-0.4, -0.2) is 19.4 Å². The molecule has 0 aliphatic heterocycles. The Hall–Kier alpha value is -0.670. The van der Waals surface area contributed by atoms with Gasteiger partial charge in [-0.25, -0.2) is 0 Å². The molecule has 0 saturated heterocycles. The highest BCUT2D eigenvalue weighted by Crippen LogP contribution is 2.29. The van der Waals surface area contributed by atoms with E-state index in [1.807, 2.05) is 18.2 Å². The summed E-state index contributed by atoms with van der Waals surface area (Å²) in [5, 5.41) is 0. The standard InChI is InChI=1S/C11H17NOS/c1-9(7-12)8-14-11-6-4-3-5-10(11)13-2/h3-6,9H,7-8,12H2,1-2H3/t9-/m1/s1. The van der Waals surface area contributed by atoms with Crippen LogP contribution in [0.3, 0.4) is 0 Å². The molecule has 0 aliphatic rings. The zero-order chi connectivity index (χ0) is 10.4. The molecule has 2 N–H and O–H groups in total.